The van der Waals surface area contributed by atoms with Crippen LogP contribution in [-0.4, -0.2) is 28.9 Å². The summed E-state index contributed by atoms with van der Waals surface area (Å²) >= 11 is 5.89. The number of ether oxygens (including phenoxy) is 1. The number of hydrogen-bond acceptors (Lipinski definition) is 3. The predicted octanol–water partition coefficient (Wildman–Crippen LogP) is 3.30. The fourth-order valence-electron chi connectivity index (χ4n) is 1.96. The normalized spacial score (nSPS) is 11.8. The van der Waals surface area contributed by atoms with E-state index in [-0.39, 0.29) is 16.7 Å². The lowest BCUT2D eigenvalue weighted by Crippen LogP contribution is -2.37. The molecule has 22 heavy (non-hydrogen) atoms. The number of likely N-dealkylation sites (N-methyl/N-ethyl adjacent to an activating group) is 1. The van der Waals surface area contributed by atoms with Crippen molar-refractivity contribution in [2.45, 2.75) is 19.6 Å². The van der Waals surface area contributed by atoms with Crippen LogP contribution in [0.4, 0.5) is 4.39 Å². The van der Waals surface area contributed by atoms with Gasteiger partial charge in [0, 0.05) is 26.0 Å². The van der Waals surface area contributed by atoms with Gasteiger partial charge >= 0.3 is 0 Å². The van der Waals surface area contributed by atoms with Gasteiger partial charge < -0.3 is 9.64 Å². The highest BCUT2D eigenvalue weighted by atomic mass is 35.5. The standard InChI is InChI=1S/C16H16ClFN2O2/c1-11(22-15-4-3-13(18)9-14(15)17)16(21)20(2)10-12-5-7-19-8-6-12/h3-9,11H,10H2,1-2H3/t11-/m1/s1. The molecule has 0 bridgehead atoms. The minimum atomic E-state index is -0.727. The summed E-state index contributed by atoms with van der Waals surface area (Å²) in [5.41, 5.74) is 0.970. The number of rotatable bonds is 5. The van der Waals surface area contributed by atoms with E-state index >= 15 is 0 Å². The maximum Gasteiger partial charge on any atom is 0.263 e. The smallest absolute Gasteiger partial charge is 0.263 e. The third-order valence-corrected chi connectivity index (χ3v) is 3.39. The topological polar surface area (TPSA) is 42.4 Å². The van der Waals surface area contributed by atoms with Crippen molar-refractivity contribution in [2.75, 3.05) is 7.05 Å². The summed E-state index contributed by atoms with van der Waals surface area (Å²) in [6.45, 7) is 2.08. The van der Waals surface area contributed by atoms with Crippen LogP contribution in [-0.2, 0) is 11.3 Å². The third-order valence-electron chi connectivity index (χ3n) is 3.09. The number of nitrogens with zero attached hydrogens (tertiary/aromatic N) is 2. The molecule has 1 atom stereocenters. The molecule has 0 fully saturated rings. The second-order valence-corrected chi connectivity index (χ2v) is 5.29. The Kier molecular flexibility index (Phi) is 5.33. The van der Waals surface area contributed by atoms with Crippen molar-refractivity contribution >= 4 is 17.5 Å². The summed E-state index contributed by atoms with van der Waals surface area (Å²) in [4.78, 5) is 17.8. The van der Waals surface area contributed by atoms with Gasteiger partial charge in [0.2, 0.25) is 0 Å². The van der Waals surface area contributed by atoms with E-state index < -0.39 is 11.9 Å². The molecule has 116 valence electrons. The van der Waals surface area contributed by atoms with Crippen molar-refractivity contribution < 1.29 is 13.9 Å². The Hall–Kier alpha value is -2.14. The van der Waals surface area contributed by atoms with Crippen molar-refractivity contribution in [1.82, 2.24) is 9.88 Å². The lowest BCUT2D eigenvalue weighted by Gasteiger charge is -2.22. The van der Waals surface area contributed by atoms with Crippen LogP contribution in [0.2, 0.25) is 5.02 Å². The molecule has 0 aliphatic heterocycles. The Morgan fingerprint density at radius 1 is 1.36 bits per heavy atom. The van der Waals surface area contributed by atoms with E-state index in [1.807, 2.05) is 12.1 Å². The van der Waals surface area contributed by atoms with Gasteiger partial charge in [0.15, 0.2) is 6.10 Å². The fraction of sp³-hybridized carbons (Fsp3) is 0.250. The minimum Gasteiger partial charge on any atom is -0.479 e. The minimum absolute atomic E-state index is 0.136. The first-order valence-corrected chi connectivity index (χ1v) is 7.10. The summed E-state index contributed by atoms with van der Waals surface area (Å²) < 4.78 is 18.5. The van der Waals surface area contributed by atoms with Crippen LogP contribution in [0.3, 0.4) is 0 Å². The Bertz CT molecular complexity index is 652. The highest BCUT2D eigenvalue weighted by Gasteiger charge is 2.20. The fourth-order valence-corrected chi connectivity index (χ4v) is 2.17. The third kappa shape index (κ3) is 4.18. The van der Waals surface area contributed by atoms with Gasteiger partial charge in [0.1, 0.15) is 11.6 Å². The van der Waals surface area contributed by atoms with Crippen LogP contribution < -0.4 is 4.74 Å². The first-order valence-electron chi connectivity index (χ1n) is 6.73. The van der Waals surface area contributed by atoms with Crippen LogP contribution in [0.15, 0.2) is 42.7 Å². The number of aromatic nitrogens is 1. The summed E-state index contributed by atoms with van der Waals surface area (Å²) in [7, 11) is 1.69. The predicted molar refractivity (Wildman–Crippen MR) is 82.2 cm³/mol. The summed E-state index contributed by atoms with van der Waals surface area (Å²) in [6, 6.07) is 7.47. The van der Waals surface area contributed by atoms with Crippen LogP contribution in [0.25, 0.3) is 0 Å². The molecule has 1 aromatic heterocycles. The maximum absolute atomic E-state index is 13.0. The number of carbonyl (C=O) groups excluding carboxylic acids is 1. The molecule has 0 aliphatic rings. The van der Waals surface area contributed by atoms with Gasteiger partial charge in [0.25, 0.3) is 5.91 Å². The highest BCUT2D eigenvalue weighted by Crippen LogP contribution is 2.26. The Balaban J connectivity index is 1.99. The molecule has 6 heteroatoms. The summed E-state index contributed by atoms with van der Waals surface area (Å²) in [5.74, 6) is -0.371. The van der Waals surface area contributed by atoms with Crippen LogP contribution in [0.1, 0.15) is 12.5 Å². The molecule has 0 aliphatic carbocycles. The molecule has 0 saturated heterocycles. The molecule has 4 nitrogen and oxygen atoms in total. The zero-order valence-corrected chi connectivity index (χ0v) is 13.0. The Labute approximate surface area is 133 Å². The van der Waals surface area contributed by atoms with Gasteiger partial charge in [-0.2, -0.15) is 0 Å². The molecule has 1 heterocycles. The van der Waals surface area contributed by atoms with Crippen molar-refractivity contribution in [3.05, 3.63) is 59.1 Å². The number of halogens is 2. The number of amides is 1. The van der Waals surface area contributed by atoms with Gasteiger partial charge in [-0.25, -0.2) is 4.39 Å². The van der Waals surface area contributed by atoms with Crippen molar-refractivity contribution in [3.63, 3.8) is 0 Å². The molecule has 0 saturated carbocycles. The largest absolute Gasteiger partial charge is 0.479 e. The molecule has 0 N–H and O–H groups in total. The lowest BCUT2D eigenvalue weighted by atomic mass is 10.2. The second kappa shape index (κ2) is 7.22. The number of carbonyl (C=O) groups is 1. The molecule has 0 radical (unpaired) electrons. The van der Waals surface area contributed by atoms with E-state index in [0.717, 1.165) is 11.6 Å². The molecule has 0 unspecified atom stereocenters. The zero-order chi connectivity index (χ0) is 16.1. The zero-order valence-electron chi connectivity index (χ0n) is 12.3. The van der Waals surface area contributed by atoms with E-state index in [2.05, 4.69) is 4.98 Å². The molecular weight excluding hydrogens is 307 g/mol. The molecule has 0 spiro atoms. The van der Waals surface area contributed by atoms with Gasteiger partial charge in [-0.1, -0.05) is 11.6 Å². The Morgan fingerprint density at radius 3 is 2.68 bits per heavy atom. The first kappa shape index (κ1) is 16.2. The van der Waals surface area contributed by atoms with Gasteiger partial charge in [-0.05, 0) is 42.8 Å². The number of benzene rings is 1. The first-order chi connectivity index (χ1) is 10.5. The van der Waals surface area contributed by atoms with E-state index in [4.69, 9.17) is 16.3 Å². The van der Waals surface area contributed by atoms with Crippen molar-refractivity contribution in [1.29, 1.82) is 0 Å². The molecule has 2 aromatic rings. The average Bonchev–Trinajstić information content (AvgIpc) is 2.50. The maximum atomic E-state index is 13.0. The van der Waals surface area contributed by atoms with Crippen LogP contribution in [0, 0.1) is 5.82 Å². The SMILES string of the molecule is C[C@@H](Oc1ccc(F)cc1Cl)C(=O)N(C)Cc1ccncc1. The van der Waals surface area contributed by atoms with Crippen LogP contribution in [0.5, 0.6) is 5.75 Å². The van der Waals surface area contributed by atoms with E-state index in [0.29, 0.717) is 6.54 Å². The van der Waals surface area contributed by atoms with E-state index in [9.17, 15) is 9.18 Å². The van der Waals surface area contributed by atoms with E-state index in [1.165, 1.54) is 12.1 Å². The quantitative estimate of drug-likeness (QED) is 0.848. The van der Waals surface area contributed by atoms with Crippen LogP contribution >= 0.6 is 11.6 Å². The summed E-state index contributed by atoms with van der Waals surface area (Å²) in [5, 5.41) is 0.136. The van der Waals surface area contributed by atoms with Crippen molar-refractivity contribution in [2.24, 2.45) is 0 Å². The molecule has 1 aromatic carbocycles. The number of pyridine rings is 1. The van der Waals surface area contributed by atoms with E-state index in [1.54, 1.807) is 31.3 Å². The summed E-state index contributed by atoms with van der Waals surface area (Å²) in [6.07, 6.45) is 2.62. The molecular formula is C16H16ClFN2O2. The molecule has 1 amide bonds. The lowest BCUT2D eigenvalue weighted by molar-refractivity contribution is -0.137. The highest BCUT2D eigenvalue weighted by molar-refractivity contribution is 6.32. The second-order valence-electron chi connectivity index (χ2n) is 4.88. The van der Waals surface area contributed by atoms with Crippen molar-refractivity contribution in [3.8, 4) is 5.75 Å². The average molecular weight is 323 g/mol. The van der Waals surface area contributed by atoms with Gasteiger partial charge in [0.05, 0.1) is 5.02 Å². The molecule has 2 rings (SSSR count). The number of hydrogen-bond donors (Lipinski definition) is 0. The van der Waals surface area contributed by atoms with Gasteiger partial charge in [-0.3, -0.25) is 9.78 Å². The van der Waals surface area contributed by atoms with Gasteiger partial charge in [-0.15, -0.1) is 0 Å². The Morgan fingerprint density at radius 2 is 2.05 bits per heavy atom. The monoisotopic (exact) mass is 322 g/mol.